The average molecular weight is 1040 g/mol. The number of carbonyl (C=O) groups is 3. The standard InChI is InChI=1S/C44H85N2O15P2.Mo/c1-21-56-62(52,57-22-2)36(39(5,6)7)45(41(11,12)13)60-32(29-43(17,18)31-47)34(48)54-27-25-26-28-55-35(49)33(30-44(19,20)38(50)51)61-46(42(14,15)16)37(40(8,9)10)63(53,58-23-3)59-24-4;/h32-33,36-37H,21-30H2,1-20H3,(H,50,51);/q-1;. The Hall–Kier alpha value is -1.09. The van der Waals surface area contributed by atoms with E-state index in [1.54, 1.807) is 62.3 Å². The van der Waals surface area contributed by atoms with Gasteiger partial charge in [0.15, 0.2) is 12.2 Å². The van der Waals surface area contributed by atoms with Crippen LogP contribution < -0.4 is 0 Å². The minimum Gasteiger partial charge on any atom is -0.541 e. The molecule has 4 unspecified atom stereocenters. The molecule has 0 aliphatic carbocycles. The molecule has 0 saturated heterocycles. The molecule has 0 spiro atoms. The van der Waals surface area contributed by atoms with Gasteiger partial charge in [-0.2, -0.15) is 10.1 Å². The smallest absolute Gasteiger partial charge is 0.350 e. The average Bonchev–Trinajstić information content (AvgIpc) is 3.09. The van der Waals surface area contributed by atoms with E-state index in [0.717, 1.165) is 0 Å². The molecule has 20 heteroatoms. The number of carboxylic acid groups (broad SMARTS) is 1. The van der Waals surface area contributed by atoms with E-state index in [4.69, 9.17) is 37.2 Å². The van der Waals surface area contributed by atoms with Crippen LogP contribution in [0.4, 0.5) is 0 Å². The maximum absolute atomic E-state index is 14.4. The molecular formula is C44H85MoN2O15P2-. The van der Waals surface area contributed by atoms with Gasteiger partial charge in [0.1, 0.15) is 11.6 Å². The van der Waals surface area contributed by atoms with Gasteiger partial charge >= 0.3 is 33.1 Å². The second-order valence-electron chi connectivity index (χ2n) is 21.0. The third-order valence-electron chi connectivity index (χ3n) is 9.43. The molecule has 0 aromatic rings. The molecule has 64 heavy (non-hydrogen) atoms. The fourth-order valence-corrected chi connectivity index (χ4v) is 11.9. The van der Waals surface area contributed by atoms with Gasteiger partial charge in [-0.15, -0.1) is 5.41 Å². The summed E-state index contributed by atoms with van der Waals surface area (Å²) < 4.78 is 63.4. The molecule has 4 atom stereocenters. The normalized spacial score (nSPS) is 15.6. The van der Waals surface area contributed by atoms with Crippen molar-refractivity contribution in [2.24, 2.45) is 21.7 Å². The topological polar surface area (TPSA) is 203 Å². The number of carbonyl (C=O) groups excluding carboxylic acids is 3. The Morgan fingerprint density at radius 1 is 0.562 bits per heavy atom. The number of hydrogen-bond acceptors (Lipinski definition) is 16. The van der Waals surface area contributed by atoms with Crippen LogP contribution in [0.2, 0.25) is 0 Å². The molecule has 0 rings (SSSR count). The molecule has 1 N–H and O–H groups in total. The number of nitrogens with zero attached hydrogens (tertiary/aromatic N) is 2. The Morgan fingerprint density at radius 3 is 1.09 bits per heavy atom. The first kappa shape index (κ1) is 65.0. The number of rotatable bonds is 29. The third kappa shape index (κ3) is 20.6. The third-order valence-corrected chi connectivity index (χ3v) is 15.1. The molecule has 0 amide bonds. The molecule has 0 heterocycles. The molecule has 0 aliphatic rings. The van der Waals surface area contributed by atoms with Gasteiger partial charge in [-0.3, -0.25) is 29.9 Å². The zero-order valence-electron chi connectivity index (χ0n) is 42.7. The van der Waals surface area contributed by atoms with Gasteiger partial charge in [0, 0.05) is 38.6 Å². The van der Waals surface area contributed by atoms with Crippen LogP contribution in [0, 0.1) is 21.7 Å². The van der Waals surface area contributed by atoms with Crippen LogP contribution in [0.5, 0.6) is 0 Å². The summed E-state index contributed by atoms with van der Waals surface area (Å²) in [4.78, 5) is 64.9. The summed E-state index contributed by atoms with van der Waals surface area (Å²) in [6.45, 7) is 35.1. The Kier molecular flexibility index (Phi) is 27.0. The fraction of sp³-hybridized carbons (Fsp3) is 0.909. The molecule has 378 valence electrons. The Balaban J connectivity index is 0. The van der Waals surface area contributed by atoms with Crippen molar-refractivity contribution >= 4 is 39.4 Å². The number of esters is 2. The number of ether oxygens (including phenoxy) is 2. The predicted molar refractivity (Wildman–Crippen MR) is 242 cm³/mol. The van der Waals surface area contributed by atoms with E-state index in [-0.39, 0.29) is 86.4 Å². The fourth-order valence-electron chi connectivity index (χ4n) is 6.54. The molecule has 0 bridgehead atoms. The van der Waals surface area contributed by atoms with Crippen molar-refractivity contribution in [3.63, 3.8) is 0 Å². The predicted octanol–water partition coefficient (Wildman–Crippen LogP) is 9.96. The summed E-state index contributed by atoms with van der Waals surface area (Å²) >= 11 is 0. The SMILES string of the molecule is CCOP(=O)(OCC)C(N(OC(CC(C)(C)[C-]=O)C(=O)OCCCCOC(=O)C(CC(C)(C)C(=O)O)ON(C(C(C)(C)C)P(=O)(OCC)OCC)C(C)(C)C)C(C)(C)C)C(C)(C)C.[Mo]. The molecule has 0 aliphatic heterocycles. The Labute approximate surface area is 400 Å². The van der Waals surface area contributed by atoms with Gasteiger partial charge in [0.05, 0.1) is 45.1 Å². The molecule has 17 nitrogen and oxygen atoms in total. The van der Waals surface area contributed by atoms with Crippen LogP contribution in [0.15, 0.2) is 0 Å². The van der Waals surface area contributed by atoms with Crippen molar-refractivity contribution in [2.75, 3.05) is 39.6 Å². The molecule has 0 aromatic carbocycles. The van der Waals surface area contributed by atoms with E-state index in [1.165, 1.54) is 24.0 Å². The van der Waals surface area contributed by atoms with Crippen LogP contribution >= 0.6 is 15.2 Å². The van der Waals surface area contributed by atoms with Crippen LogP contribution in [0.1, 0.15) is 164 Å². The monoisotopic (exact) mass is 1040 g/mol. The summed E-state index contributed by atoms with van der Waals surface area (Å²) in [5.74, 6) is -4.81. The van der Waals surface area contributed by atoms with Gasteiger partial charge in [-0.1, -0.05) is 55.4 Å². The molecule has 0 radical (unpaired) electrons. The first-order valence-electron chi connectivity index (χ1n) is 22.1. The second-order valence-corrected chi connectivity index (χ2v) is 25.2. The molecule has 0 aromatic heterocycles. The van der Waals surface area contributed by atoms with Gasteiger partial charge < -0.3 is 37.5 Å². The molecule has 0 fully saturated rings. The zero-order valence-corrected chi connectivity index (χ0v) is 46.5. The number of aliphatic carboxylic acids is 1. The summed E-state index contributed by atoms with van der Waals surface area (Å²) in [5, 5.41) is 12.9. The van der Waals surface area contributed by atoms with Gasteiger partial charge in [0.25, 0.3) is 0 Å². The van der Waals surface area contributed by atoms with Gasteiger partial charge in [-0.05, 0) is 113 Å². The summed E-state index contributed by atoms with van der Waals surface area (Å²) in [5.41, 5.74) is -5.87. The first-order valence-corrected chi connectivity index (χ1v) is 25.3. The Bertz CT molecular complexity index is 1530. The van der Waals surface area contributed by atoms with Gasteiger partial charge in [0.2, 0.25) is 0 Å². The number of hydroxylamine groups is 4. The summed E-state index contributed by atoms with van der Waals surface area (Å²) in [6, 6.07) is 0. The molecule has 0 saturated carbocycles. The maximum Gasteiger partial charge on any atom is 0.350 e. The van der Waals surface area contributed by atoms with E-state index in [0.29, 0.717) is 0 Å². The number of unbranched alkanes of at least 4 members (excludes halogenated alkanes) is 1. The van der Waals surface area contributed by atoms with Crippen molar-refractivity contribution in [3.8, 4) is 0 Å². The van der Waals surface area contributed by atoms with Crippen LogP contribution in [-0.2, 0) is 86.6 Å². The van der Waals surface area contributed by atoms with Gasteiger partial charge in [-0.25, -0.2) is 9.59 Å². The van der Waals surface area contributed by atoms with E-state index in [1.807, 2.05) is 68.6 Å². The van der Waals surface area contributed by atoms with E-state index >= 15 is 0 Å². The van der Waals surface area contributed by atoms with Crippen molar-refractivity contribution in [1.82, 2.24) is 10.1 Å². The van der Waals surface area contributed by atoms with E-state index in [2.05, 4.69) is 0 Å². The van der Waals surface area contributed by atoms with Crippen molar-refractivity contribution in [3.05, 3.63) is 0 Å². The summed E-state index contributed by atoms with van der Waals surface area (Å²) in [6.07, 6.45) is -0.762. The maximum atomic E-state index is 14.4. The largest absolute Gasteiger partial charge is 0.541 e. The zero-order chi connectivity index (χ0) is 49.6. The van der Waals surface area contributed by atoms with Crippen molar-refractivity contribution in [1.29, 1.82) is 0 Å². The minimum atomic E-state index is -3.93. The number of carboxylic acids is 1. The van der Waals surface area contributed by atoms with E-state index in [9.17, 15) is 33.4 Å². The van der Waals surface area contributed by atoms with Crippen LogP contribution in [-0.4, -0.2) is 114 Å². The molecular weight excluding hydrogens is 954 g/mol. The minimum absolute atomic E-state index is 0. The quantitative estimate of drug-likeness (QED) is 0.0185. The van der Waals surface area contributed by atoms with Crippen molar-refractivity contribution in [2.45, 2.75) is 199 Å². The Morgan fingerprint density at radius 2 is 0.859 bits per heavy atom. The number of hydrogen-bond donors (Lipinski definition) is 1. The van der Waals surface area contributed by atoms with Crippen LogP contribution in [0.3, 0.4) is 0 Å². The van der Waals surface area contributed by atoms with Crippen molar-refractivity contribution < 1.29 is 91.7 Å². The second kappa shape index (κ2) is 26.6. The van der Waals surface area contributed by atoms with Crippen LogP contribution in [0.25, 0.3) is 0 Å². The summed E-state index contributed by atoms with van der Waals surface area (Å²) in [7, 11) is -7.82. The first-order chi connectivity index (χ1) is 28.4. The van der Waals surface area contributed by atoms with E-state index < -0.39 is 89.6 Å².